The van der Waals surface area contributed by atoms with Crippen LogP contribution in [0.15, 0.2) is 18.2 Å². The van der Waals surface area contributed by atoms with Crippen molar-refractivity contribution in [2.75, 3.05) is 19.6 Å². The van der Waals surface area contributed by atoms with E-state index in [4.69, 9.17) is 4.74 Å². The number of benzene rings is 1. The standard InChI is InChI=1S/C10H21NO.C10H12/c1-8(2)5-11-6-9(3)12-10(4)7-11;1-10(2,3)9-6-7-4-5-8(7)9/h8-10H,5-7H2,1-4H3;4-6H,1-3H3. The van der Waals surface area contributed by atoms with Crippen LogP contribution in [0, 0.1) is 5.92 Å². The summed E-state index contributed by atoms with van der Waals surface area (Å²) < 4.78 is 5.66. The van der Waals surface area contributed by atoms with Crippen molar-refractivity contribution < 1.29 is 4.74 Å². The fourth-order valence-electron chi connectivity index (χ4n) is 3.36. The summed E-state index contributed by atoms with van der Waals surface area (Å²) in [5.41, 5.74) is 4.81. The molecule has 1 fully saturated rings. The highest BCUT2D eigenvalue weighted by Crippen LogP contribution is 2.42. The van der Waals surface area contributed by atoms with Crippen molar-refractivity contribution in [3.8, 4) is 11.1 Å². The molecule has 0 N–H and O–H groups in total. The Hall–Kier alpha value is -0.860. The lowest BCUT2D eigenvalue weighted by molar-refractivity contribution is -0.0704. The number of morpholine rings is 1. The summed E-state index contributed by atoms with van der Waals surface area (Å²) in [6, 6.07) is 6.66. The predicted molar refractivity (Wildman–Crippen MR) is 95.4 cm³/mol. The topological polar surface area (TPSA) is 12.5 Å². The number of nitrogens with zero attached hydrogens (tertiary/aromatic N) is 1. The average Bonchev–Trinajstić information content (AvgIpc) is 2.30. The van der Waals surface area contributed by atoms with Crippen LogP contribution in [0.2, 0.25) is 0 Å². The van der Waals surface area contributed by atoms with Crippen LogP contribution in [0.4, 0.5) is 0 Å². The zero-order valence-electron chi connectivity index (χ0n) is 15.4. The molecule has 1 saturated heterocycles. The molecule has 0 bridgehead atoms. The van der Waals surface area contributed by atoms with E-state index in [1.165, 1.54) is 23.2 Å². The SMILES string of the molecule is CC(C)(C)c1cc2ccc1-2.CC(C)CN1CC(C)OC(C)C1. The highest BCUT2D eigenvalue weighted by molar-refractivity contribution is 5.82. The third-order valence-electron chi connectivity index (χ3n) is 4.26. The van der Waals surface area contributed by atoms with Crippen molar-refractivity contribution in [1.29, 1.82) is 0 Å². The summed E-state index contributed by atoms with van der Waals surface area (Å²) in [5, 5.41) is 0. The fourth-order valence-corrected chi connectivity index (χ4v) is 3.36. The second-order valence-electron chi connectivity index (χ2n) is 8.38. The smallest absolute Gasteiger partial charge is 0.0678 e. The van der Waals surface area contributed by atoms with Crippen LogP contribution < -0.4 is 0 Å². The molecule has 22 heavy (non-hydrogen) atoms. The van der Waals surface area contributed by atoms with Gasteiger partial charge in [0.05, 0.1) is 12.2 Å². The number of rotatable bonds is 2. The Morgan fingerprint density at radius 1 is 1.14 bits per heavy atom. The number of fused-ring (bicyclic) bond motifs is 1. The van der Waals surface area contributed by atoms with E-state index in [9.17, 15) is 0 Å². The van der Waals surface area contributed by atoms with E-state index in [1.54, 1.807) is 0 Å². The molecule has 124 valence electrons. The minimum Gasteiger partial charge on any atom is -0.373 e. The maximum Gasteiger partial charge on any atom is 0.0678 e. The van der Waals surface area contributed by atoms with E-state index in [0.717, 1.165) is 19.0 Å². The van der Waals surface area contributed by atoms with Crippen LogP contribution in [0.25, 0.3) is 11.1 Å². The van der Waals surface area contributed by atoms with Gasteiger partial charge in [-0.25, -0.2) is 0 Å². The molecule has 0 aromatic heterocycles. The van der Waals surface area contributed by atoms with Crippen molar-refractivity contribution in [3.63, 3.8) is 0 Å². The molecule has 0 aromatic rings. The summed E-state index contributed by atoms with van der Waals surface area (Å²) in [4.78, 5) is 2.50. The molecule has 2 nitrogen and oxygen atoms in total. The van der Waals surface area contributed by atoms with Gasteiger partial charge >= 0.3 is 0 Å². The molecule has 0 amide bonds. The van der Waals surface area contributed by atoms with Crippen LogP contribution in [0.3, 0.4) is 0 Å². The molecule has 2 unspecified atom stereocenters. The van der Waals surface area contributed by atoms with Gasteiger partial charge in [0.25, 0.3) is 0 Å². The molecule has 2 aliphatic carbocycles. The second-order valence-corrected chi connectivity index (χ2v) is 8.38. The van der Waals surface area contributed by atoms with E-state index in [-0.39, 0.29) is 0 Å². The van der Waals surface area contributed by atoms with E-state index >= 15 is 0 Å². The summed E-state index contributed by atoms with van der Waals surface area (Å²) in [7, 11) is 0. The first kappa shape index (κ1) is 17.5. The summed E-state index contributed by atoms with van der Waals surface area (Å²) in [5.74, 6) is 0.766. The number of hydrogen-bond donors (Lipinski definition) is 0. The van der Waals surface area contributed by atoms with Gasteiger partial charge in [-0.15, -0.1) is 0 Å². The summed E-state index contributed by atoms with van der Waals surface area (Å²) >= 11 is 0. The van der Waals surface area contributed by atoms with Crippen molar-refractivity contribution >= 4 is 0 Å². The molecule has 0 aromatic carbocycles. The van der Waals surface area contributed by atoms with Crippen molar-refractivity contribution in [3.05, 3.63) is 23.8 Å². The third kappa shape index (κ3) is 4.33. The third-order valence-corrected chi connectivity index (χ3v) is 4.26. The van der Waals surface area contributed by atoms with Crippen molar-refractivity contribution in [2.45, 2.75) is 66.1 Å². The highest BCUT2D eigenvalue weighted by atomic mass is 16.5. The second kappa shape index (κ2) is 6.72. The lowest BCUT2D eigenvalue weighted by Gasteiger charge is -2.36. The van der Waals surface area contributed by atoms with Gasteiger partial charge in [0.1, 0.15) is 0 Å². The van der Waals surface area contributed by atoms with Gasteiger partial charge in [0.15, 0.2) is 0 Å². The van der Waals surface area contributed by atoms with Gasteiger partial charge < -0.3 is 4.74 Å². The summed E-state index contributed by atoms with van der Waals surface area (Å²) in [6.07, 6.45) is 0.819. The minimum absolute atomic E-state index is 0.351. The molecule has 0 saturated carbocycles. The zero-order valence-corrected chi connectivity index (χ0v) is 15.4. The molecule has 2 atom stereocenters. The van der Waals surface area contributed by atoms with E-state index < -0.39 is 0 Å². The Bertz CT molecular complexity index is 488. The summed E-state index contributed by atoms with van der Waals surface area (Å²) in [6.45, 7) is 19.0. The first-order chi connectivity index (χ1) is 10.2. The van der Waals surface area contributed by atoms with Crippen LogP contribution in [0.5, 0.6) is 0 Å². The largest absolute Gasteiger partial charge is 0.373 e. The van der Waals surface area contributed by atoms with Gasteiger partial charge in [-0.3, -0.25) is 4.90 Å². The molecule has 2 heteroatoms. The molecule has 0 radical (unpaired) electrons. The van der Waals surface area contributed by atoms with Crippen LogP contribution in [0.1, 0.15) is 54.0 Å². The van der Waals surface area contributed by atoms with Crippen LogP contribution in [-0.4, -0.2) is 36.7 Å². The molecular formula is C20H33NO. The minimum atomic E-state index is 0.351. The average molecular weight is 303 g/mol. The van der Waals surface area contributed by atoms with Gasteiger partial charge in [-0.1, -0.05) is 46.8 Å². The van der Waals surface area contributed by atoms with Crippen LogP contribution >= 0.6 is 0 Å². The normalized spacial score (nSPS) is 24.0. The molecule has 1 aliphatic heterocycles. The van der Waals surface area contributed by atoms with Gasteiger partial charge in [-0.2, -0.15) is 0 Å². The maximum atomic E-state index is 5.66. The molecule has 3 rings (SSSR count). The van der Waals surface area contributed by atoms with Crippen molar-refractivity contribution in [1.82, 2.24) is 4.90 Å². The molecule has 1 heterocycles. The van der Waals surface area contributed by atoms with Gasteiger partial charge in [-0.05, 0) is 47.9 Å². The molecule has 3 aliphatic rings. The van der Waals surface area contributed by atoms with Gasteiger partial charge in [0, 0.05) is 19.6 Å². The lowest BCUT2D eigenvalue weighted by atomic mass is 9.74. The number of ether oxygens (including phenoxy) is 1. The van der Waals surface area contributed by atoms with E-state index in [1.807, 2.05) is 0 Å². The van der Waals surface area contributed by atoms with Gasteiger partial charge in [0.2, 0.25) is 0 Å². The Kier molecular flexibility index (Phi) is 5.34. The van der Waals surface area contributed by atoms with Crippen molar-refractivity contribution in [2.24, 2.45) is 5.92 Å². The van der Waals surface area contributed by atoms with Crippen LogP contribution in [-0.2, 0) is 10.2 Å². The van der Waals surface area contributed by atoms with E-state index in [2.05, 4.69) is 71.6 Å². The Labute approximate surface area is 136 Å². The zero-order chi connectivity index (χ0) is 16.5. The Balaban J connectivity index is 0.000000162. The maximum absolute atomic E-state index is 5.66. The van der Waals surface area contributed by atoms with E-state index in [0.29, 0.717) is 17.6 Å². The fraction of sp³-hybridized carbons (Fsp3) is 0.700. The lowest BCUT2D eigenvalue weighted by Crippen LogP contribution is -2.46. The molecular weight excluding hydrogens is 270 g/mol. The first-order valence-electron chi connectivity index (χ1n) is 8.69. The Morgan fingerprint density at radius 3 is 2.00 bits per heavy atom. The predicted octanol–water partition coefficient (Wildman–Crippen LogP) is 4.72. The first-order valence-corrected chi connectivity index (χ1v) is 8.69. The molecule has 0 spiro atoms. The Morgan fingerprint density at radius 2 is 1.73 bits per heavy atom. The number of hydrogen-bond acceptors (Lipinski definition) is 2. The monoisotopic (exact) mass is 303 g/mol. The quantitative estimate of drug-likeness (QED) is 0.796. The highest BCUT2D eigenvalue weighted by Gasteiger charge is 2.25.